The minimum Gasteiger partial charge on any atom is -0.468 e. The molecule has 0 N–H and O–H groups in total. The van der Waals surface area contributed by atoms with Gasteiger partial charge in [0.15, 0.2) is 0 Å². The molecule has 0 saturated heterocycles. The summed E-state index contributed by atoms with van der Waals surface area (Å²) in [4.78, 5) is 12.5. The number of halogens is 1. The van der Waals surface area contributed by atoms with Crippen molar-refractivity contribution in [2.75, 3.05) is 7.11 Å². The molecule has 0 fully saturated rings. The van der Waals surface area contributed by atoms with Gasteiger partial charge in [-0.2, -0.15) is 4.31 Å². The van der Waals surface area contributed by atoms with Crippen LogP contribution in [0.2, 0.25) is 0 Å². The normalized spacial score (nSPS) is 17.1. The SMILES string of the molecule is COC(=O)[C@H](C(C)C)N1Cc2ccccc2Oc2cc(Br)ccc2S1(=O)=O. The van der Waals surface area contributed by atoms with E-state index in [4.69, 9.17) is 9.47 Å². The number of hydrogen-bond donors (Lipinski definition) is 0. The van der Waals surface area contributed by atoms with Gasteiger partial charge in [-0.25, -0.2) is 8.42 Å². The van der Waals surface area contributed by atoms with Crippen molar-refractivity contribution in [3.05, 3.63) is 52.5 Å². The van der Waals surface area contributed by atoms with Gasteiger partial charge >= 0.3 is 5.97 Å². The molecular weight excluding hydrogens is 434 g/mol. The average molecular weight is 454 g/mol. The number of fused-ring (bicyclic) bond motifs is 2. The minimum absolute atomic E-state index is 0.00591. The third-order valence-corrected chi connectivity index (χ3v) is 6.76. The molecule has 2 aromatic rings. The number of methoxy groups -OCH3 is 1. The highest BCUT2D eigenvalue weighted by Gasteiger charge is 2.41. The molecule has 0 radical (unpaired) electrons. The molecule has 0 saturated carbocycles. The van der Waals surface area contributed by atoms with Gasteiger partial charge in [0.25, 0.3) is 0 Å². The topological polar surface area (TPSA) is 72.9 Å². The smallest absolute Gasteiger partial charge is 0.324 e. The Hall–Kier alpha value is -1.90. The first-order valence-electron chi connectivity index (χ1n) is 8.40. The molecule has 0 bridgehead atoms. The number of benzene rings is 2. The lowest BCUT2D eigenvalue weighted by Crippen LogP contribution is -2.48. The fourth-order valence-corrected chi connectivity index (χ4v) is 5.22. The van der Waals surface area contributed by atoms with Crippen LogP contribution in [0.4, 0.5) is 0 Å². The van der Waals surface area contributed by atoms with Crippen LogP contribution in [-0.4, -0.2) is 31.8 Å². The van der Waals surface area contributed by atoms with Crippen LogP contribution in [0.15, 0.2) is 51.8 Å². The van der Waals surface area contributed by atoms with Crippen LogP contribution in [0, 0.1) is 5.92 Å². The van der Waals surface area contributed by atoms with Gasteiger partial charge in [-0.05, 0) is 30.2 Å². The molecule has 0 spiro atoms. The Labute approximate surface area is 167 Å². The Morgan fingerprint density at radius 2 is 1.89 bits per heavy atom. The fraction of sp³-hybridized carbons (Fsp3) is 0.316. The quantitative estimate of drug-likeness (QED) is 0.657. The van der Waals surface area contributed by atoms with E-state index in [9.17, 15) is 13.2 Å². The predicted octanol–water partition coefficient (Wildman–Crippen LogP) is 3.94. The molecule has 1 heterocycles. The van der Waals surface area contributed by atoms with Crippen LogP contribution in [0.3, 0.4) is 0 Å². The number of carbonyl (C=O) groups is 1. The Morgan fingerprint density at radius 3 is 2.56 bits per heavy atom. The van der Waals surface area contributed by atoms with E-state index in [0.29, 0.717) is 15.8 Å². The lowest BCUT2D eigenvalue weighted by atomic mass is 10.0. The summed E-state index contributed by atoms with van der Waals surface area (Å²) in [6.45, 7) is 3.59. The highest BCUT2D eigenvalue weighted by Crippen LogP contribution is 2.39. The zero-order valence-corrected chi connectivity index (χ0v) is 17.6. The molecule has 0 unspecified atom stereocenters. The van der Waals surface area contributed by atoms with E-state index in [1.165, 1.54) is 17.5 Å². The van der Waals surface area contributed by atoms with Crippen LogP contribution < -0.4 is 4.74 Å². The van der Waals surface area contributed by atoms with Crippen molar-refractivity contribution >= 4 is 31.9 Å². The van der Waals surface area contributed by atoms with Gasteiger partial charge in [0.05, 0.1) is 7.11 Å². The highest BCUT2D eigenvalue weighted by molar-refractivity contribution is 9.10. The second kappa shape index (κ2) is 7.61. The molecule has 1 aliphatic heterocycles. The summed E-state index contributed by atoms with van der Waals surface area (Å²) in [6.07, 6.45) is 0. The van der Waals surface area contributed by atoms with Gasteiger partial charge in [-0.1, -0.05) is 48.0 Å². The second-order valence-electron chi connectivity index (χ2n) is 6.56. The number of rotatable bonds is 3. The lowest BCUT2D eigenvalue weighted by Gasteiger charge is -2.33. The van der Waals surface area contributed by atoms with Gasteiger partial charge in [-0.15, -0.1) is 0 Å². The van der Waals surface area contributed by atoms with E-state index in [-0.39, 0.29) is 23.1 Å². The molecule has 27 heavy (non-hydrogen) atoms. The Balaban J connectivity index is 2.27. The van der Waals surface area contributed by atoms with Gasteiger partial charge in [0.2, 0.25) is 10.0 Å². The third-order valence-electron chi connectivity index (χ3n) is 4.40. The van der Waals surface area contributed by atoms with Crippen molar-refractivity contribution in [2.24, 2.45) is 5.92 Å². The summed E-state index contributed by atoms with van der Waals surface area (Å²) >= 11 is 3.35. The monoisotopic (exact) mass is 453 g/mol. The van der Waals surface area contributed by atoms with Crippen molar-refractivity contribution in [2.45, 2.75) is 31.3 Å². The van der Waals surface area contributed by atoms with E-state index in [1.54, 1.807) is 44.2 Å². The molecule has 0 amide bonds. The van der Waals surface area contributed by atoms with Crippen molar-refractivity contribution < 1.29 is 22.7 Å². The molecule has 1 atom stereocenters. The Morgan fingerprint density at radius 1 is 1.19 bits per heavy atom. The molecule has 2 aromatic carbocycles. The molecular formula is C19H20BrNO5S. The summed E-state index contributed by atoms with van der Waals surface area (Å²) in [5.41, 5.74) is 0.668. The highest BCUT2D eigenvalue weighted by atomic mass is 79.9. The lowest BCUT2D eigenvalue weighted by molar-refractivity contribution is -0.146. The predicted molar refractivity (Wildman–Crippen MR) is 104 cm³/mol. The Kier molecular flexibility index (Phi) is 5.60. The fourth-order valence-electron chi connectivity index (χ4n) is 3.10. The van der Waals surface area contributed by atoms with Crippen molar-refractivity contribution in [3.8, 4) is 11.5 Å². The molecule has 3 rings (SSSR count). The molecule has 6 nitrogen and oxygen atoms in total. The molecule has 1 aliphatic rings. The Bertz CT molecular complexity index is 974. The summed E-state index contributed by atoms with van der Waals surface area (Å²) in [5, 5.41) is 0. The maximum Gasteiger partial charge on any atom is 0.324 e. The summed E-state index contributed by atoms with van der Waals surface area (Å²) in [6, 6.07) is 10.9. The van der Waals surface area contributed by atoms with Crippen LogP contribution in [0.5, 0.6) is 11.5 Å². The van der Waals surface area contributed by atoms with Gasteiger partial charge in [-0.3, -0.25) is 4.79 Å². The first kappa shape index (κ1) is 19.9. The standard InChI is InChI=1S/C19H20BrNO5S/c1-12(2)18(19(22)25-3)21-11-13-6-4-5-7-15(13)26-16-10-14(20)8-9-17(16)27(21,23)24/h4-10,12,18H,11H2,1-3H3/t18-/m0/s1. The first-order chi connectivity index (χ1) is 12.8. The minimum atomic E-state index is -4.01. The average Bonchev–Trinajstić information content (AvgIpc) is 2.61. The van der Waals surface area contributed by atoms with E-state index in [0.717, 1.165) is 0 Å². The number of hydrogen-bond acceptors (Lipinski definition) is 5. The maximum atomic E-state index is 13.5. The second-order valence-corrected chi connectivity index (χ2v) is 9.34. The summed E-state index contributed by atoms with van der Waals surface area (Å²) in [5.74, 6) is -0.122. The van der Waals surface area contributed by atoms with Crippen LogP contribution >= 0.6 is 15.9 Å². The van der Waals surface area contributed by atoms with Crippen LogP contribution in [0.1, 0.15) is 19.4 Å². The summed E-state index contributed by atoms with van der Waals surface area (Å²) < 4.78 is 39.7. The molecule has 0 aliphatic carbocycles. The number of nitrogens with zero attached hydrogens (tertiary/aromatic N) is 1. The van der Waals surface area contributed by atoms with Gasteiger partial charge in [0, 0.05) is 16.6 Å². The van der Waals surface area contributed by atoms with E-state index in [1.807, 2.05) is 6.07 Å². The van der Waals surface area contributed by atoms with E-state index < -0.39 is 22.0 Å². The van der Waals surface area contributed by atoms with E-state index >= 15 is 0 Å². The zero-order chi connectivity index (χ0) is 19.8. The van der Waals surface area contributed by atoms with Crippen LogP contribution in [0.25, 0.3) is 0 Å². The van der Waals surface area contributed by atoms with Crippen LogP contribution in [-0.2, 0) is 26.1 Å². The largest absolute Gasteiger partial charge is 0.468 e. The number of sulfonamides is 1. The third kappa shape index (κ3) is 3.74. The van der Waals surface area contributed by atoms with Crippen molar-refractivity contribution in [1.29, 1.82) is 0 Å². The number of carbonyl (C=O) groups excluding carboxylic acids is 1. The maximum absolute atomic E-state index is 13.5. The molecule has 144 valence electrons. The number of esters is 1. The van der Waals surface area contributed by atoms with Gasteiger partial charge in [0.1, 0.15) is 22.4 Å². The molecule has 8 heteroatoms. The van der Waals surface area contributed by atoms with Gasteiger partial charge < -0.3 is 9.47 Å². The van der Waals surface area contributed by atoms with Crippen molar-refractivity contribution in [3.63, 3.8) is 0 Å². The van der Waals surface area contributed by atoms with Crippen molar-refractivity contribution in [1.82, 2.24) is 4.31 Å². The summed E-state index contributed by atoms with van der Waals surface area (Å²) in [7, 11) is -2.75. The van der Waals surface area contributed by atoms with E-state index in [2.05, 4.69) is 15.9 Å². The number of ether oxygens (including phenoxy) is 2. The first-order valence-corrected chi connectivity index (χ1v) is 10.6. The zero-order valence-electron chi connectivity index (χ0n) is 15.2. The molecule has 0 aromatic heterocycles. The number of para-hydroxylation sites is 1.